The van der Waals surface area contributed by atoms with Crippen LogP contribution in [0.25, 0.3) is 0 Å². The Balaban J connectivity index is 4.10. The van der Waals surface area contributed by atoms with E-state index in [9.17, 15) is 19.5 Å². The summed E-state index contributed by atoms with van der Waals surface area (Å²) >= 11 is 0. The van der Waals surface area contributed by atoms with Crippen LogP contribution in [0.5, 0.6) is 0 Å². The lowest BCUT2D eigenvalue weighted by Gasteiger charge is -2.26. The van der Waals surface area contributed by atoms with Crippen molar-refractivity contribution in [3.8, 4) is 0 Å². The van der Waals surface area contributed by atoms with Gasteiger partial charge in [-0.25, -0.2) is 0 Å². The standard InChI is InChI=1S/C82H139NO8/c1-6-8-10-12-14-16-18-20-22-24-26-28-30-32-34-35-36-37-38-39-40-41-42-43-44-45-47-48-50-52-54-56-58-60-62-64-66-68-70-72-79(84)89-76-78(77-90-82(81(86)87)88-75-74-83(3,4)5)91-80(85)73-71-69-67-65-63-61-59-57-55-53-51-49-46-33-31-29-27-25-23-21-19-17-15-13-11-9-7-2/h9,11,15,17-18,20-21,23-24,26-27,29-30,32-33,46,51,53,57,59,63,65,78,82H,6-8,10,12-14,16,19,22,25,28,31,34-45,47-50,52,54-56,58,60-62,64,66-77H2,1-5H3/b11-9-,17-15-,20-18-,23-21-,26-24-,29-27-,32-30-,46-33-,53-51-,59-57-,65-63-. The second kappa shape index (κ2) is 71.3. The molecule has 9 nitrogen and oxygen atoms in total. The first-order valence-corrected chi connectivity index (χ1v) is 37.3. The number of carbonyl (C=O) groups excluding carboxylic acids is 3. The molecule has 0 radical (unpaired) electrons. The van der Waals surface area contributed by atoms with E-state index in [4.69, 9.17) is 18.9 Å². The van der Waals surface area contributed by atoms with E-state index in [1.807, 2.05) is 21.1 Å². The highest BCUT2D eigenvalue weighted by Gasteiger charge is 2.22. The van der Waals surface area contributed by atoms with Crippen LogP contribution in [0.3, 0.4) is 0 Å². The van der Waals surface area contributed by atoms with Crippen LogP contribution in [0, 0.1) is 0 Å². The number of rotatable bonds is 68. The zero-order valence-electron chi connectivity index (χ0n) is 59.4. The van der Waals surface area contributed by atoms with Gasteiger partial charge < -0.3 is 33.3 Å². The molecule has 2 atom stereocenters. The Morgan fingerprint density at radius 1 is 0.341 bits per heavy atom. The van der Waals surface area contributed by atoms with Gasteiger partial charge in [0, 0.05) is 12.8 Å². The fraction of sp³-hybridized carbons (Fsp3) is 0.695. The van der Waals surface area contributed by atoms with Gasteiger partial charge in [0.25, 0.3) is 0 Å². The summed E-state index contributed by atoms with van der Waals surface area (Å²) in [6, 6.07) is 0. The molecule has 9 heteroatoms. The van der Waals surface area contributed by atoms with Gasteiger partial charge in [-0.1, -0.05) is 314 Å². The zero-order chi connectivity index (χ0) is 66.1. The molecule has 0 aromatic rings. The van der Waals surface area contributed by atoms with Crippen LogP contribution >= 0.6 is 0 Å². The van der Waals surface area contributed by atoms with Gasteiger partial charge in [-0.3, -0.25) is 9.59 Å². The van der Waals surface area contributed by atoms with Crippen molar-refractivity contribution in [3.05, 3.63) is 134 Å². The fourth-order valence-corrected chi connectivity index (χ4v) is 10.2. The summed E-state index contributed by atoms with van der Waals surface area (Å²) in [5, 5.41) is 11.8. The number of aliphatic carboxylic acids is 1. The van der Waals surface area contributed by atoms with Crippen LogP contribution in [0.1, 0.15) is 309 Å². The second-order valence-corrected chi connectivity index (χ2v) is 25.9. The quantitative estimate of drug-likeness (QED) is 0.0195. The lowest BCUT2D eigenvalue weighted by Crippen LogP contribution is -2.44. The Hall–Kier alpha value is -4.57. The van der Waals surface area contributed by atoms with Gasteiger partial charge >= 0.3 is 11.9 Å². The van der Waals surface area contributed by atoms with E-state index in [1.54, 1.807) is 0 Å². The fourth-order valence-electron chi connectivity index (χ4n) is 10.2. The highest BCUT2D eigenvalue weighted by Crippen LogP contribution is 2.17. The SMILES string of the molecule is CC/C=C\C/C=C\C/C=C\C/C=C\C/C=C\C/C=C\C/C=C\C/C=C\CCCCC(=O)OC(COC(=O)CCCCCCCCCCCCCCCCCCCCCCCCCC/C=C\C/C=C\C/C=C\CCCCCCC)COC(OCC[N+](C)(C)C)C(=O)[O-]. The number of hydrogen-bond acceptors (Lipinski definition) is 8. The molecule has 0 amide bonds. The predicted octanol–water partition coefficient (Wildman–Crippen LogP) is 22.4. The van der Waals surface area contributed by atoms with Crippen LogP contribution in [-0.2, 0) is 33.3 Å². The Morgan fingerprint density at radius 3 is 0.956 bits per heavy atom. The van der Waals surface area contributed by atoms with Crippen molar-refractivity contribution in [1.82, 2.24) is 0 Å². The maximum absolute atomic E-state index is 12.9. The third kappa shape index (κ3) is 72.7. The van der Waals surface area contributed by atoms with Gasteiger partial charge in [-0.05, 0) is 116 Å². The highest BCUT2D eigenvalue weighted by molar-refractivity contribution is 5.70. The van der Waals surface area contributed by atoms with E-state index < -0.39 is 24.3 Å². The van der Waals surface area contributed by atoms with E-state index in [2.05, 4.69) is 148 Å². The maximum atomic E-state index is 12.9. The van der Waals surface area contributed by atoms with E-state index in [1.165, 1.54) is 180 Å². The Kier molecular flexibility index (Phi) is 67.7. The molecule has 0 aromatic heterocycles. The number of quaternary nitrogens is 1. The van der Waals surface area contributed by atoms with E-state index >= 15 is 0 Å². The van der Waals surface area contributed by atoms with Crippen molar-refractivity contribution in [2.75, 3.05) is 47.5 Å². The summed E-state index contributed by atoms with van der Waals surface area (Å²) in [6.07, 6.45) is 99.9. The van der Waals surface area contributed by atoms with Crippen LogP contribution in [-0.4, -0.2) is 82.3 Å². The van der Waals surface area contributed by atoms with Crippen molar-refractivity contribution in [2.45, 2.75) is 322 Å². The number of carboxylic acid groups (broad SMARTS) is 1. The van der Waals surface area contributed by atoms with Gasteiger partial charge in [0.1, 0.15) is 13.2 Å². The average Bonchev–Trinajstić information content (AvgIpc) is 3.46. The van der Waals surface area contributed by atoms with Crippen molar-refractivity contribution in [1.29, 1.82) is 0 Å². The number of carbonyl (C=O) groups is 3. The molecule has 0 fully saturated rings. The molecule has 0 saturated heterocycles. The summed E-state index contributed by atoms with van der Waals surface area (Å²) in [6.45, 7) is 4.58. The number of esters is 2. The molecule has 0 spiro atoms. The lowest BCUT2D eigenvalue weighted by molar-refractivity contribution is -0.870. The minimum absolute atomic E-state index is 0.133. The smallest absolute Gasteiger partial charge is 0.306 e. The minimum atomic E-state index is -1.64. The first-order chi connectivity index (χ1) is 44.6. The number of ether oxygens (including phenoxy) is 4. The zero-order valence-corrected chi connectivity index (χ0v) is 59.4. The van der Waals surface area contributed by atoms with E-state index in [0.29, 0.717) is 17.4 Å². The molecule has 0 aliphatic rings. The van der Waals surface area contributed by atoms with Crippen LogP contribution in [0.15, 0.2) is 134 Å². The molecular formula is C82H139NO8. The average molecular weight is 1270 g/mol. The molecule has 520 valence electrons. The normalized spacial score (nSPS) is 13.5. The number of allylic oxidation sites excluding steroid dienone is 22. The number of hydrogen-bond donors (Lipinski definition) is 0. The molecule has 0 saturated carbocycles. The topological polar surface area (TPSA) is 111 Å². The molecule has 0 heterocycles. The largest absolute Gasteiger partial charge is 0.545 e. The van der Waals surface area contributed by atoms with Crippen molar-refractivity contribution >= 4 is 17.9 Å². The molecule has 0 aliphatic heterocycles. The van der Waals surface area contributed by atoms with Crippen LogP contribution in [0.4, 0.5) is 0 Å². The molecule has 0 rings (SSSR count). The number of nitrogens with zero attached hydrogens (tertiary/aromatic N) is 1. The molecule has 91 heavy (non-hydrogen) atoms. The Morgan fingerprint density at radius 2 is 0.626 bits per heavy atom. The van der Waals surface area contributed by atoms with Gasteiger partial charge in [0.05, 0.1) is 40.3 Å². The van der Waals surface area contributed by atoms with Crippen molar-refractivity contribution < 1.29 is 42.9 Å². The molecule has 0 aliphatic carbocycles. The van der Waals surface area contributed by atoms with Crippen molar-refractivity contribution in [3.63, 3.8) is 0 Å². The first kappa shape index (κ1) is 86.4. The van der Waals surface area contributed by atoms with Gasteiger partial charge in [0.15, 0.2) is 12.4 Å². The second-order valence-electron chi connectivity index (χ2n) is 25.9. The van der Waals surface area contributed by atoms with Gasteiger partial charge in [0.2, 0.25) is 0 Å². The summed E-state index contributed by atoms with van der Waals surface area (Å²) in [5.41, 5.74) is 0. The van der Waals surface area contributed by atoms with Gasteiger partial charge in [-0.15, -0.1) is 0 Å². The van der Waals surface area contributed by atoms with Crippen molar-refractivity contribution in [2.24, 2.45) is 0 Å². The maximum Gasteiger partial charge on any atom is 0.306 e. The summed E-state index contributed by atoms with van der Waals surface area (Å²) in [4.78, 5) is 37.5. The molecule has 0 aromatic carbocycles. The molecule has 0 N–H and O–H groups in total. The number of unbranched alkanes of at least 4 members (excludes halogenated alkanes) is 31. The van der Waals surface area contributed by atoms with Gasteiger partial charge in [-0.2, -0.15) is 0 Å². The summed E-state index contributed by atoms with van der Waals surface area (Å²) < 4.78 is 22.7. The number of carboxylic acids is 1. The third-order valence-electron chi connectivity index (χ3n) is 15.9. The van der Waals surface area contributed by atoms with Crippen LogP contribution < -0.4 is 5.11 Å². The van der Waals surface area contributed by atoms with E-state index in [0.717, 1.165) is 96.3 Å². The number of likely N-dealkylation sites (N-methyl/N-ethyl adjacent to an activating group) is 1. The predicted molar refractivity (Wildman–Crippen MR) is 389 cm³/mol. The summed E-state index contributed by atoms with van der Waals surface area (Å²) in [5.74, 6) is -2.34. The molecule has 2 unspecified atom stereocenters. The van der Waals surface area contributed by atoms with Crippen LogP contribution in [0.2, 0.25) is 0 Å². The molecular weight excluding hydrogens is 1130 g/mol. The summed E-state index contributed by atoms with van der Waals surface area (Å²) in [7, 11) is 5.91. The Bertz CT molecular complexity index is 1960. The monoisotopic (exact) mass is 1270 g/mol. The lowest BCUT2D eigenvalue weighted by atomic mass is 10.0. The molecule has 0 bridgehead atoms. The highest BCUT2D eigenvalue weighted by atomic mass is 16.7. The minimum Gasteiger partial charge on any atom is -0.545 e. The Labute approximate surface area is 560 Å². The first-order valence-electron chi connectivity index (χ1n) is 37.3. The van der Waals surface area contributed by atoms with E-state index in [-0.39, 0.29) is 38.6 Å². The third-order valence-corrected chi connectivity index (χ3v) is 15.9.